The summed E-state index contributed by atoms with van der Waals surface area (Å²) in [5, 5.41) is 0.139. The summed E-state index contributed by atoms with van der Waals surface area (Å²) < 4.78 is 0. The van der Waals surface area contributed by atoms with E-state index in [1.807, 2.05) is 31.2 Å². The molecule has 1 heterocycles. The van der Waals surface area contributed by atoms with Crippen LogP contribution in [0.4, 0.5) is 0 Å². The topological polar surface area (TPSA) is 17.1 Å². The quantitative estimate of drug-likeness (QED) is 0.607. The van der Waals surface area contributed by atoms with Crippen molar-refractivity contribution in [3.05, 3.63) is 35.4 Å². The van der Waals surface area contributed by atoms with Gasteiger partial charge in [0, 0.05) is 11.3 Å². The zero-order valence-electron chi connectivity index (χ0n) is 6.91. The standard InChI is InChI=1S/C10H10OS/c1-7-10(11)9-5-3-2-4-8(9)6-12-7/h2-5,7H,6H2,1H3. The molecule has 1 atom stereocenters. The number of hydrogen-bond acceptors (Lipinski definition) is 2. The Hall–Kier alpha value is -0.760. The molecule has 0 bridgehead atoms. The van der Waals surface area contributed by atoms with Gasteiger partial charge in [-0.2, -0.15) is 0 Å². The third-order valence-electron chi connectivity index (χ3n) is 2.14. The molecule has 0 fully saturated rings. The maximum absolute atomic E-state index is 11.6. The van der Waals surface area contributed by atoms with Crippen molar-refractivity contribution in [1.29, 1.82) is 0 Å². The van der Waals surface area contributed by atoms with Crippen LogP contribution < -0.4 is 0 Å². The van der Waals surface area contributed by atoms with E-state index in [1.54, 1.807) is 11.8 Å². The summed E-state index contributed by atoms with van der Waals surface area (Å²) in [6, 6.07) is 7.88. The number of carbonyl (C=O) groups excluding carboxylic acids is 1. The third kappa shape index (κ3) is 1.16. The Morgan fingerprint density at radius 1 is 1.42 bits per heavy atom. The second kappa shape index (κ2) is 2.94. The average molecular weight is 178 g/mol. The second-order valence-electron chi connectivity index (χ2n) is 2.97. The van der Waals surface area contributed by atoms with Crippen molar-refractivity contribution >= 4 is 17.5 Å². The number of carbonyl (C=O) groups is 1. The molecule has 1 aromatic carbocycles. The molecular weight excluding hydrogens is 168 g/mol. The maximum atomic E-state index is 11.6. The zero-order chi connectivity index (χ0) is 8.55. The molecule has 1 nitrogen and oxygen atoms in total. The van der Waals surface area contributed by atoms with Crippen molar-refractivity contribution in [2.45, 2.75) is 17.9 Å². The minimum absolute atomic E-state index is 0.139. The summed E-state index contributed by atoms with van der Waals surface area (Å²) in [6.07, 6.45) is 0. The van der Waals surface area contributed by atoms with Crippen molar-refractivity contribution in [2.75, 3.05) is 0 Å². The second-order valence-corrected chi connectivity index (χ2v) is 4.30. The molecule has 1 aliphatic rings. The highest BCUT2D eigenvalue weighted by molar-refractivity contribution is 8.00. The van der Waals surface area contributed by atoms with Gasteiger partial charge in [-0.05, 0) is 12.5 Å². The molecule has 0 aliphatic carbocycles. The lowest BCUT2D eigenvalue weighted by molar-refractivity contribution is 0.0991. The fourth-order valence-corrected chi connectivity index (χ4v) is 2.36. The minimum atomic E-state index is 0.139. The molecule has 1 aliphatic heterocycles. The summed E-state index contributed by atoms with van der Waals surface area (Å²) in [4.78, 5) is 11.6. The van der Waals surface area contributed by atoms with Crippen LogP contribution in [0.25, 0.3) is 0 Å². The van der Waals surface area contributed by atoms with Crippen LogP contribution in [0.15, 0.2) is 24.3 Å². The summed E-state index contributed by atoms with van der Waals surface area (Å²) in [6.45, 7) is 1.98. The summed E-state index contributed by atoms with van der Waals surface area (Å²) in [5.74, 6) is 1.25. The van der Waals surface area contributed by atoms with Crippen LogP contribution in [-0.2, 0) is 5.75 Å². The van der Waals surface area contributed by atoms with Crippen LogP contribution in [0.5, 0.6) is 0 Å². The SMILES string of the molecule is CC1SCc2ccccc2C1=O. The van der Waals surface area contributed by atoms with Crippen molar-refractivity contribution < 1.29 is 4.79 Å². The lowest BCUT2D eigenvalue weighted by Crippen LogP contribution is -2.19. The number of ketones is 1. The van der Waals surface area contributed by atoms with E-state index in [2.05, 4.69) is 0 Å². The van der Waals surface area contributed by atoms with Crippen LogP contribution in [0.3, 0.4) is 0 Å². The highest BCUT2D eigenvalue weighted by Crippen LogP contribution is 2.29. The molecule has 2 heteroatoms. The van der Waals surface area contributed by atoms with Crippen LogP contribution >= 0.6 is 11.8 Å². The molecule has 0 amide bonds. The minimum Gasteiger partial charge on any atom is -0.293 e. The monoisotopic (exact) mass is 178 g/mol. The fraction of sp³-hybridized carbons (Fsp3) is 0.300. The average Bonchev–Trinajstić information content (AvgIpc) is 2.12. The van der Waals surface area contributed by atoms with E-state index in [0.29, 0.717) is 0 Å². The molecule has 2 rings (SSSR count). The molecule has 0 aromatic heterocycles. The van der Waals surface area contributed by atoms with Crippen LogP contribution in [-0.4, -0.2) is 11.0 Å². The normalized spacial score (nSPS) is 22.1. The first-order valence-electron chi connectivity index (χ1n) is 4.03. The first-order chi connectivity index (χ1) is 5.79. The van der Waals surface area contributed by atoms with Gasteiger partial charge < -0.3 is 0 Å². The van der Waals surface area contributed by atoms with Gasteiger partial charge in [-0.15, -0.1) is 11.8 Å². The molecule has 0 saturated carbocycles. The smallest absolute Gasteiger partial charge is 0.175 e. The lowest BCUT2D eigenvalue weighted by Gasteiger charge is -2.19. The van der Waals surface area contributed by atoms with Gasteiger partial charge in [-0.1, -0.05) is 24.3 Å². The largest absolute Gasteiger partial charge is 0.293 e. The highest BCUT2D eigenvalue weighted by Gasteiger charge is 2.23. The van der Waals surface area contributed by atoms with Crippen molar-refractivity contribution in [2.24, 2.45) is 0 Å². The van der Waals surface area contributed by atoms with Gasteiger partial charge in [-0.3, -0.25) is 4.79 Å². The van der Waals surface area contributed by atoms with Crippen molar-refractivity contribution in [1.82, 2.24) is 0 Å². The molecule has 0 spiro atoms. The third-order valence-corrected chi connectivity index (χ3v) is 3.33. The van der Waals surface area contributed by atoms with Gasteiger partial charge in [0.2, 0.25) is 0 Å². The predicted molar refractivity (Wildman–Crippen MR) is 51.5 cm³/mol. The van der Waals surface area contributed by atoms with E-state index < -0.39 is 0 Å². The molecular formula is C10H10OS. The lowest BCUT2D eigenvalue weighted by atomic mass is 10.0. The molecule has 0 saturated heterocycles. The molecule has 12 heavy (non-hydrogen) atoms. The van der Waals surface area contributed by atoms with E-state index in [0.717, 1.165) is 11.3 Å². The number of Topliss-reactive ketones (excluding diaryl/α,β-unsaturated/α-hetero) is 1. The number of hydrogen-bond donors (Lipinski definition) is 0. The molecule has 1 unspecified atom stereocenters. The summed E-state index contributed by atoms with van der Waals surface area (Å²) in [5.41, 5.74) is 2.11. The van der Waals surface area contributed by atoms with Gasteiger partial charge in [-0.25, -0.2) is 0 Å². The van der Waals surface area contributed by atoms with Gasteiger partial charge in [0.15, 0.2) is 5.78 Å². The number of fused-ring (bicyclic) bond motifs is 1. The summed E-state index contributed by atoms with van der Waals surface area (Å²) in [7, 11) is 0. The molecule has 0 N–H and O–H groups in total. The van der Waals surface area contributed by atoms with E-state index in [-0.39, 0.29) is 11.0 Å². The van der Waals surface area contributed by atoms with E-state index in [1.165, 1.54) is 5.56 Å². The fourth-order valence-electron chi connectivity index (χ4n) is 1.40. The van der Waals surface area contributed by atoms with E-state index in [4.69, 9.17) is 0 Å². The van der Waals surface area contributed by atoms with Gasteiger partial charge in [0.25, 0.3) is 0 Å². The van der Waals surface area contributed by atoms with Gasteiger partial charge >= 0.3 is 0 Å². The number of rotatable bonds is 0. The summed E-state index contributed by atoms with van der Waals surface area (Å²) >= 11 is 1.72. The maximum Gasteiger partial charge on any atom is 0.175 e. The Morgan fingerprint density at radius 3 is 3.00 bits per heavy atom. The first kappa shape index (κ1) is 7.87. The zero-order valence-corrected chi connectivity index (χ0v) is 7.73. The Kier molecular flexibility index (Phi) is 1.93. The van der Waals surface area contributed by atoms with Gasteiger partial charge in [0.05, 0.1) is 5.25 Å². The number of benzene rings is 1. The van der Waals surface area contributed by atoms with Crippen molar-refractivity contribution in [3.63, 3.8) is 0 Å². The van der Waals surface area contributed by atoms with E-state index >= 15 is 0 Å². The van der Waals surface area contributed by atoms with Crippen LogP contribution in [0.1, 0.15) is 22.8 Å². The Morgan fingerprint density at radius 2 is 2.17 bits per heavy atom. The first-order valence-corrected chi connectivity index (χ1v) is 5.07. The highest BCUT2D eigenvalue weighted by atomic mass is 32.2. The number of thioether (sulfide) groups is 1. The Bertz CT molecular complexity index is 319. The van der Waals surface area contributed by atoms with E-state index in [9.17, 15) is 4.79 Å². The predicted octanol–water partition coefficient (Wildman–Crippen LogP) is 2.50. The Labute approximate surface area is 76.2 Å². The van der Waals surface area contributed by atoms with Crippen molar-refractivity contribution in [3.8, 4) is 0 Å². The Balaban J connectivity index is 2.49. The van der Waals surface area contributed by atoms with Crippen LogP contribution in [0, 0.1) is 0 Å². The molecule has 0 radical (unpaired) electrons. The molecule has 62 valence electrons. The van der Waals surface area contributed by atoms with Crippen LogP contribution in [0.2, 0.25) is 0 Å². The molecule has 1 aromatic rings. The van der Waals surface area contributed by atoms with Gasteiger partial charge in [0.1, 0.15) is 0 Å².